The van der Waals surface area contributed by atoms with E-state index in [9.17, 15) is 4.79 Å². The van der Waals surface area contributed by atoms with Gasteiger partial charge in [0.25, 0.3) is 5.91 Å². The van der Waals surface area contributed by atoms with Crippen molar-refractivity contribution in [1.29, 1.82) is 0 Å². The number of para-hydroxylation sites is 1. The number of anilines is 1. The molecule has 6 nitrogen and oxygen atoms in total. The number of rotatable bonds is 4. The van der Waals surface area contributed by atoms with Crippen LogP contribution >= 0.6 is 0 Å². The third-order valence-electron chi connectivity index (χ3n) is 3.62. The molecule has 0 aliphatic carbocycles. The van der Waals surface area contributed by atoms with Gasteiger partial charge in [-0.3, -0.25) is 4.79 Å². The molecule has 0 N–H and O–H groups in total. The number of ether oxygens (including phenoxy) is 1. The fourth-order valence-corrected chi connectivity index (χ4v) is 2.40. The summed E-state index contributed by atoms with van der Waals surface area (Å²) in [5, 5.41) is 7.98. The summed E-state index contributed by atoms with van der Waals surface area (Å²) in [6.45, 7) is 2.95. The van der Waals surface area contributed by atoms with Crippen LogP contribution in [0.4, 0.5) is 5.82 Å². The minimum absolute atomic E-state index is 0.0163. The highest BCUT2D eigenvalue weighted by molar-refractivity contribution is 5.78. The molecule has 0 unspecified atom stereocenters. The molecular weight excluding hydrogens is 280 g/mol. The Morgan fingerprint density at radius 2 is 1.82 bits per heavy atom. The van der Waals surface area contributed by atoms with Crippen molar-refractivity contribution in [3.63, 3.8) is 0 Å². The zero-order valence-electron chi connectivity index (χ0n) is 12.3. The predicted octanol–water partition coefficient (Wildman–Crippen LogP) is 1.20. The van der Waals surface area contributed by atoms with Crippen molar-refractivity contribution < 1.29 is 9.53 Å². The molecule has 1 amide bonds. The zero-order chi connectivity index (χ0) is 15.2. The SMILES string of the molecule is O=C(COc1ccccc1)N1CCN(c2cccnn2)CC1. The highest BCUT2D eigenvalue weighted by Crippen LogP contribution is 2.12. The number of hydrogen-bond donors (Lipinski definition) is 0. The maximum absolute atomic E-state index is 12.2. The Hall–Kier alpha value is -2.63. The van der Waals surface area contributed by atoms with Crippen molar-refractivity contribution in [3.05, 3.63) is 48.7 Å². The summed E-state index contributed by atoms with van der Waals surface area (Å²) in [5.41, 5.74) is 0. The average molecular weight is 298 g/mol. The summed E-state index contributed by atoms with van der Waals surface area (Å²) < 4.78 is 5.51. The molecule has 1 aromatic carbocycles. The first-order valence-corrected chi connectivity index (χ1v) is 7.31. The molecule has 114 valence electrons. The smallest absolute Gasteiger partial charge is 0.260 e. The van der Waals surface area contributed by atoms with E-state index in [1.54, 1.807) is 6.20 Å². The lowest BCUT2D eigenvalue weighted by atomic mass is 10.3. The highest BCUT2D eigenvalue weighted by atomic mass is 16.5. The van der Waals surface area contributed by atoms with Crippen LogP contribution in [0.25, 0.3) is 0 Å². The molecule has 2 heterocycles. The lowest BCUT2D eigenvalue weighted by molar-refractivity contribution is -0.133. The molecule has 1 saturated heterocycles. The zero-order valence-corrected chi connectivity index (χ0v) is 12.3. The Balaban J connectivity index is 1.48. The van der Waals surface area contributed by atoms with Crippen LogP contribution in [-0.4, -0.2) is 53.8 Å². The second-order valence-electron chi connectivity index (χ2n) is 5.05. The normalized spacial score (nSPS) is 14.7. The van der Waals surface area contributed by atoms with Gasteiger partial charge in [-0.2, -0.15) is 5.10 Å². The lowest BCUT2D eigenvalue weighted by Gasteiger charge is -2.35. The van der Waals surface area contributed by atoms with Crippen molar-refractivity contribution in [2.45, 2.75) is 0 Å². The van der Waals surface area contributed by atoms with Crippen LogP contribution in [0.15, 0.2) is 48.7 Å². The Kier molecular flexibility index (Phi) is 4.48. The molecule has 1 fully saturated rings. The first-order chi connectivity index (χ1) is 10.8. The number of carbonyl (C=O) groups is 1. The molecule has 1 aliphatic rings. The van der Waals surface area contributed by atoms with Crippen LogP contribution in [0, 0.1) is 0 Å². The minimum Gasteiger partial charge on any atom is -0.484 e. The van der Waals surface area contributed by atoms with E-state index in [4.69, 9.17) is 4.74 Å². The quantitative estimate of drug-likeness (QED) is 0.849. The van der Waals surface area contributed by atoms with Gasteiger partial charge in [0.05, 0.1) is 0 Å². The van der Waals surface area contributed by atoms with Crippen LogP contribution in [0.1, 0.15) is 0 Å². The summed E-state index contributed by atoms with van der Waals surface area (Å²) in [6, 6.07) is 13.2. The first-order valence-electron chi connectivity index (χ1n) is 7.31. The number of aromatic nitrogens is 2. The van der Waals surface area contributed by atoms with Crippen LogP contribution in [0.3, 0.4) is 0 Å². The minimum atomic E-state index is 0.0163. The Bertz CT molecular complexity index is 598. The van der Waals surface area contributed by atoms with E-state index in [-0.39, 0.29) is 12.5 Å². The van der Waals surface area contributed by atoms with Gasteiger partial charge in [-0.05, 0) is 24.3 Å². The molecule has 3 rings (SSSR count). The van der Waals surface area contributed by atoms with Gasteiger partial charge in [-0.15, -0.1) is 5.10 Å². The molecule has 6 heteroatoms. The van der Waals surface area contributed by atoms with Crippen molar-refractivity contribution in [2.75, 3.05) is 37.7 Å². The second kappa shape index (κ2) is 6.89. The van der Waals surface area contributed by atoms with Gasteiger partial charge in [0.15, 0.2) is 12.4 Å². The van der Waals surface area contributed by atoms with Crippen molar-refractivity contribution >= 4 is 11.7 Å². The molecule has 0 spiro atoms. The second-order valence-corrected chi connectivity index (χ2v) is 5.05. The molecule has 0 atom stereocenters. The third kappa shape index (κ3) is 3.52. The molecule has 22 heavy (non-hydrogen) atoms. The number of hydrogen-bond acceptors (Lipinski definition) is 5. The Labute approximate surface area is 129 Å². The van der Waals surface area contributed by atoms with Gasteiger partial charge >= 0.3 is 0 Å². The average Bonchev–Trinajstić information content (AvgIpc) is 2.61. The number of benzene rings is 1. The monoisotopic (exact) mass is 298 g/mol. The molecule has 0 saturated carbocycles. The van der Waals surface area contributed by atoms with Gasteiger partial charge in [-0.1, -0.05) is 18.2 Å². The van der Waals surface area contributed by atoms with E-state index in [0.717, 1.165) is 18.9 Å². The fourth-order valence-electron chi connectivity index (χ4n) is 2.40. The topological polar surface area (TPSA) is 58.6 Å². The highest BCUT2D eigenvalue weighted by Gasteiger charge is 2.22. The summed E-state index contributed by atoms with van der Waals surface area (Å²) in [7, 11) is 0. The summed E-state index contributed by atoms with van der Waals surface area (Å²) >= 11 is 0. The van der Waals surface area contributed by atoms with E-state index in [2.05, 4.69) is 15.1 Å². The van der Waals surface area contributed by atoms with E-state index in [1.807, 2.05) is 47.4 Å². The van der Waals surface area contributed by atoms with Crippen LogP contribution < -0.4 is 9.64 Å². The number of amides is 1. The number of nitrogens with zero attached hydrogens (tertiary/aromatic N) is 4. The van der Waals surface area contributed by atoms with Crippen molar-refractivity contribution in [2.24, 2.45) is 0 Å². The van der Waals surface area contributed by atoms with Crippen LogP contribution in [-0.2, 0) is 4.79 Å². The fraction of sp³-hybridized carbons (Fsp3) is 0.312. The molecule has 1 aliphatic heterocycles. The third-order valence-corrected chi connectivity index (χ3v) is 3.62. The van der Waals surface area contributed by atoms with Gasteiger partial charge in [0.2, 0.25) is 0 Å². The largest absolute Gasteiger partial charge is 0.484 e. The lowest BCUT2D eigenvalue weighted by Crippen LogP contribution is -2.50. The van der Waals surface area contributed by atoms with Gasteiger partial charge in [-0.25, -0.2) is 0 Å². The molecule has 1 aromatic heterocycles. The summed E-state index contributed by atoms with van der Waals surface area (Å²) in [6.07, 6.45) is 1.66. The van der Waals surface area contributed by atoms with Crippen LogP contribution in [0.5, 0.6) is 5.75 Å². The summed E-state index contributed by atoms with van der Waals surface area (Å²) in [5.74, 6) is 1.59. The summed E-state index contributed by atoms with van der Waals surface area (Å²) in [4.78, 5) is 16.1. The van der Waals surface area contributed by atoms with Crippen LogP contribution in [0.2, 0.25) is 0 Å². The Morgan fingerprint density at radius 3 is 2.50 bits per heavy atom. The maximum atomic E-state index is 12.2. The number of piperazine rings is 1. The predicted molar refractivity (Wildman–Crippen MR) is 82.8 cm³/mol. The van der Waals surface area contributed by atoms with Gasteiger partial charge in [0.1, 0.15) is 5.75 Å². The standard InChI is InChI=1S/C16H18N4O2/c21-16(13-22-14-5-2-1-3-6-14)20-11-9-19(10-12-20)15-7-4-8-17-18-15/h1-8H,9-13H2. The molecule has 0 radical (unpaired) electrons. The number of carbonyl (C=O) groups excluding carboxylic acids is 1. The maximum Gasteiger partial charge on any atom is 0.260 e. The van der Waals surface area contributed by atoms with Gasteiger partial charge in [0, 0.05) is 32.4 Å². The molecular formula is C16H18N4O2. The molecule has 2 aromatic rings. The Morgan fingerprint density at radius 1 is 1.05 bits per heavy atom. The van der Waals surface area contributed by atoms with Gasteiger partial charge < -0.3 is 14.5 Å². The van der Waals surface area contributed by atoms with E-state index >= 15 is 0 Å². The van der Waals surface area contributed by atoms with E-state index in [0.29, 0.717) is 18.8 Å². The van der Waals surface area contributed by atoms with E-state index in [1.165, 1.54) is 0 Å². The van der Waals surface area contributed by atoms with Crippen molar-refractivity contribution in [1.82, 2.24) is 15.1 Å². The van der Waals surface area contributed by atoms with E-state index < -0.39 is 0 Å². The molecule has 0 bridgehead atoms. The first kappa shape index (κ1) is 14.3. The van der Waals surface area contributed by atoms with Crippen molar-refractivity contribution in [3.8, 4) is 5.75 Å².